The number of aromatic nitrogens is 2. The molecule has 0 aliphatic rings. The number of hydrogen-bond acceptors (Lipinski definition) is 4. The first-order valence-electron chi connectivity index (χ1n) is 7.96. The van der Waals surface area contributed by atoms with Gasteiger partial charge in [-0.05, 0) is 36.2 Å². The van der Waals surface area contributed by atoms with Crippen molar-refractivity contribution < 1.29 is 14.4 Å². The molecule has 0 fully saturated rings. The van der Waals surface area contributed by atoms with Crippen LogP contribution in [0.5, 0.6) is 0 Å². The topological polar surface area (TPSA) is 93.2 Å². The van der Waals surface area contributed by atoms with Crippen molar-refractivity contribution in [3.05, 3.63) is 65.7 Å². The van der Waals surface area contributed by atoms with E-state index in [1.165, 1.54) is 12.1 Å². The Bertz CT molecular complexity index is 876. The Morgan fingerprint density at radius 3 is 2.68 bits per heavy atom. The molecular weight excluding hydrogens is 323 g/mol. The van der Waals surface area contributed by atoms with Gasteiger partial charge >= 0.3 is 0 Å². The minimum atomic E-state index is -0.816. The van der Waals surface area contributed by atoms with Crippen LogP contribution in [0, 0.1) is 5.82 Å². The molecule has 1 aromatic heterocycles. The molecule has 0 saturated heterocycles. The number of carbonyl (C=O) groups is 1. The van der Waals surface area contributed by atoms with Gasteiger partial charge in [-0.25, -0.2) is 14.9 Å². The molecule has 0 bridgehead atoms. The Labute approximate surface area is 144 Å². The van der Waals surface area contributed by atoms with Gasteiger partial charge in [0, 0.05) is 13.0 Å². The Morgan fingerprint density at radius 2 is 1.96 bits per heavy atom. The van der Waals surface area contributed by atoms with Gasteiger partial charge in [0.15, 0.2) is 0 Å². The quantitative estimate of drug-likeness (QED) is 0.472. The van der Waals surface area contributed by atoms with Gasteiger partial charge < -0.3 is 10.3 Å². The zero-order valence-corrected chi connectivity index (χ0v) is 13.5. The summed E-state index contributed by atoms with van der Waals surface area (Å²) in [5.74, 6) is -0.117. The monoisotopic (exact) mass is 342 g/mol. The van der Waals surface area contributed by atoms with Crippen molar-refractivity contribution in [2.45, 2.75) is 25.4 Å². The lowest BCUT2D eigenvalue weighted by molar-refractivity contribution is -0.130. The third-order valence-electron chi connectivity index (χ3n) is 4.11. The SMILES string of the molecule is NC(CCc1nc2ccccc2n1Cc1ccc(F)cc1)C(=O)NO. The van der Waals surface area contributed by atoms with Crippen molar-refractivity contribution in [2.24, 2.45) is 5.73 Å². The molecule has 1 atom stereocenters. The Hall–Kier alpha value is -2.77. The van der Waals surface area contributed by atoms with E-state index in [-0.39, 0.29) is 5.82 Å². The first kappa shape index (κ1) is 17.1. The van der Waals surface area contributed by atoms with Crippen LogP contribution in [0.2, 0.25) is 0 Å². The summed E-state index contributed by atoms with van der Waals surface area (Å²) in [7, 11) is 0. The van der Waals surface area contributed by atoms with E-state index in [0.717, 1.165) is 22.4 Å². The van der Waals surface area contributed by atoms with E-state index in [2.05, 4.69) is 4.98 Å². The molecule has 2 aromatic carbocycles. The molecule has 3 aromatic rings. The second-order valence-electron chi connectivity index (χ2n) is 5.85. The Balaban J connectivity index is 1.89. The number of benzene rings is 2. The normalized spacial score (nSPS) is 12.3. The van der Waals surface area contributed by atoms with Crippen LogP contribution < -0.4 is 11.2 Å². The van der Waals surface area contributed by atoms with Crippen molar-refractivity contribution >= 4 is 16.9 Å². The van der Waals surface area contributed by atoms with Gasteiger partial charge in [0.1, 0.15) is 11.6 Å². The van der Waals surface area contributed by atoms with Crippen LogP contribution in [0.25, 0.3) is 11.0 Å². The van der Waals surface area contributed by atoms with Gasteiger partial charge in [-0.1, -0.05) is 24.3 Å². The van der Waals surface area contributed by atoms with Gasteiger partial charge in [0.05, 0.1) is 17.1 Å². The molecule has 0 aliphatic carbocycles. The maximum Gasteiger partial charge on any atom is 0.260 e. The summed E-state index contributed by atoms with van der Waals surface area (Å²) in [4.78, 5) is 16.0. The number of rotatable bonds is 6. The average Bonchev–Trinajstić information content (AvgIpc) is 2.98. The second kappa shape index (κ2) is 7.42. The smallest absolute Gasteiger partial charge is 0.260 e. The minimum Gasteiger partial charge on any atom is -0.323 e. The van der Waals surface area contributed by atoms with Gasteiger partial charge in [0.2, 0.25) is 0 Å². The highest BCUT2D eigenvalue weighted by Crippen LogP contribution is 2.19. The number of aryl methyl sites for hydroxylation is 1. The maximum absolute atomic E-state index is 13.1. The predicted molar refractivity (Wildman–Crippen MR) is 91.5 cm³/mol. The third kappa shape index (κ3) is 3.84. The lowest BCUT2D eigenvalue weighted by Crippen LogP contribution is -2.39. The van der Waals surface area contributed by atoms with E-state index in [1.807, 2.05) is 28.8 Å². The number of nitrogens with two attached hydrogens (primary N) is 1. The third-order valence-corrected chi connectivity index (χ3v) is 4.11. The number of imidazole rings is 1. The predicted octanol–water partition coefficient (Wildman–Crippen LogP) is 1.99. The lowest BCUT2D eigenvalue weighted by Gasteiger charge is -2.12. The lowest BCUT2D eigenvalue weighted by atomic mass is 10.1. The fourth-order valence-corrected chi connectivity index (χ4v) is 2.76. The highest BCUT2D eigenvalue weighted by molar-refractivity contribution is 5.80. The van der Waals surface area contributed by atoms with Crippen LogP contribution in [0.4, 0.5) is 4.39 Å². The van der Waals surface area contributed by atoms with E-state index in [4.69, 9.17) is 10.9 Å². The minimum absolute atomic E-state index is 0.277. The summed E-state index contributed by atoms with van der Waals surface area (Å²) < 4.78 is 15.2. The molecular formula is C18H19FN4O2. The molecule has 0 spiro atoms. The van der Waals surface area contributed by atoms with E-state index in [0.29, 0.717) is 19.4 Å². The molecule has 130 valence electrons. The number of nitrogens with zero attached hydrogens (tertiary/aromatic N) is 2. The first-order valence-corrected chi connectivity index (χ1v) is 7.96. The van der Waals surface area contributed by atoms with Gasteiger partial charge in [-0.15, -0.1) is 0 Å². The summed E-state index contributed by atoms with van der Waals surface area (Å²) in [5.41, 5.74) is 10.1. The van der Waals surface area contributed by atoms with E-state index in [1.54, 1.807) is 17.6 Å². The highest BCUT2D eigenvalue weighted by atomic mass is 19.1. The number of nitrogens with one attached hydrogen (secondary N) is 1. The molecule has 0 radical (unpaired) electrons. The van der Waals surface area contributed by atoms with Crippen molar-refractivity contribution in [1.82, 2.24) is 15.0 Å². The molecule has 6 nitrogen and oxygen atoms in total. The number of fused-ring (bicyclic) bond motifs is 1. The summed E-state index contributed by atoms with van der Waals surface area (Å²) in [6.45, 7) is 0.539. The summed E-state index contributed by atoms with van der Waals surface area (Å²) >= 11 is 0. The molecule has 4 N–H and O–H groups in total. The zero-order valence-electron chi connectivity index (χ0n) is 13.5. The highest BCUT2D eigenvalue weighted by Gasteiger charge is 2.16. The molecule has 0 saturated carbocycles. The van der Waals surface area contributed by atoms with E-state index >= 15 is 0 Å². The fraction of sp³-hybridized carbons (Fsp3) is 0.222. The first-order chi connectivity index (χ1) is 12.1. The van der Waals surface area contributed by atoms with Crippen molar-refractivity contribution in [2.75, 3.05) is 0 Å². The molecule has 1 amide bonds. The van der Waals surface area contributed by atoms with E-state index in [9.17, 15) is 9.18 Å². The summed E-state index contributed by atoms with van der Waals surface area (Å²) in [5, 5.41) is 8.66. The standard InChI is InChI=1S/C18H19FN4O2/c19-13-7-5-12(6-8-13)11-23-16-4-2-1-3-15(16)21-17(23)10-9-14(20)18(24)22-25/h1-8,14,25H,9-11,20H2,(H,22,24). The molecule has 1 heterocycles. The number of halogens is 1. The Kier molecular flexibility index (Phi) is 5.06. The van der Waals surface area contributed by atoms with Crippen LogP contribution >= 0.6 is 0 Å². The number of hydroxylamine groups is 1. The largest absolute Gasteiger partial charge is 0.323 e. The van der Waals surface area contributed by atoms with Crippen molar-refractivity contribution in [3.8, 4) is 0 Å². The maximum atomic E-state index is 13.1. The van der Waals surface area contributed by atoms with Gasteiger partial charge in [-0.3, -0.25) is 10.0 Å². The molecule has 0 aliphatic heterocycles. The zero-order chi connectivity index (χ0) is 17.8. The van der Waals surface area contributed by atoms with Crippen LogP contribution in [0.15, 0.2) is 48.5 Å². The van der Waals surface area contributed by atoms with Crippen LogP contribution in [0.1, 0.15) is 17.8 Å². The molecule has 3 rings (SSSR count). The summed E-state index contributed by atoms with van der Waals surface area (Å²) in [6, 6.07) is 13.2. The van der Waals surface area contributed by atoms with E-state index < -0.39 is 11.9 Å². The van der Waals surface area contributed by atoms with Crippen LogP contribution in [0.3, 0.4) is 0 Å². The van der Waals surface area contributed by atoms with Gasteiger partial charge in [-0.2, -0.15) is 0 Å². The number of hydrogen-bond donors (Lipinski definition) is 3. The van der Waals surface area contributed by atoms with Crippen LogP contribution in [-0.2, 0) is 17.8 Å². The fourth-order valence-electron chi connectivity index (χ4n) is 2.76. The van der Waals surface area contributed by atoms with Crippen molar-refractivity contribution in [3.63, 3.8) is 0 Å². The molecule has 1 unspecified atom stereocenters. The molecule has 25 heavy (non-hydrogen) atoms. The van der Waals surface area contributed by atoms with Crippen LogP contribution in [-0.4, -0.2) is 26.7 Å². The number of para-hydroxylation sites is 2. The second-order valence-corrected chi connectivity index (χ2v) is 5.85. The average molecular weight is 342 g/mol. The summed E-state index contributed by atoms with van der Waals surface area (Å²) in [6.07, 6.45) is 0.823. The molecule has 7 heteroatoms. The van der Waals surface area contributed by atoms with Crippen molar-refractivity contribution in [1.29, 1.82) is 0 Å². The number of carbonyl (C=O) groups excluding carboxylic acids is 1. The van der Waals surface area contributed by atoms with Gasteiger partial charge in [0.25, 0.3) is 5.91 Å². The number of amides is 1. The Morgan fingerprint density at radius 1 is 1.24 bits per heavy atom.